The summed E-state index contributed by atoms with van der Waals surface area (Å²) in [5.41, 5.74) is 6.27. The van der Waals surface area contributed by atoms with Gasteiger partial charge in [-0.2, -0.15) is 4.98 Å². The van der Waals surface area contributed by atoms with E-state index in [9.17, 15) is 9.59 Å². The number of anilines is 1. The Morgan fingerprint density at radius 1 is 1.14 bits per heavy atom. The number of hydrogen-bond donors (Lipinski definition) is 2. The van der Waals surface area contributed by atoms with Crippen molar-refractivity contribution < 1.29 is 14.1 Å². The van der Waals surface area contributed by atoms with Crippen molar-refractivity contribution in [3.05, 3.63) is 41.5 Å². The SMILES string of the molecule is CC(C)c1noc(CN2CCN(CC(=O)Nc3ccc(C(N)=O)cc3)CC2)n1. The average molecular weight is 386 g/mol. The van der Waals surface area contributed by atoms with Gasteiger partial charge in [0, 0.05) is 43.3 Å². The molecule has 28 heavy (non-hydrogen) atoms. The van der Waals surface area contributed by atoms with Gasteiger partial charge in [-0.05, 0) is 24.3 Å². The Morgan fingerprint density at radius 2 is 1.79 bits per heavy atom. The monoisotopic (exact) mass is 386 g/mol. The molecule has 150 valence electrons. The molecule has 1 fully saturated rings. The van der Waals surface area contributed by atoms with E-state index in [2.05, 4.69) is 25.3 Å². The van der Waals surface area contributed by atoms with E-state index in [0.29, 0.717) is 30.2 Å². The fraction of sp³-hybridized carbons (Fsp3) is 0.474. The van der Waals surface area contributed by atoms with Crippen LogP contribution in [0, 0.1) is 0 Å². The Hall–Kier alpha value is -2.78. The Kier molecular flexibility index (Phi) is 6.37. The number of benzene rings is 1. The first-order valence-electron chi connectivity index (χ1n) is 9.37. The molecule has 1 aliphatic heterocycles. The molecule has 1 aromatic heterocycles. The van der Waals surface area contributed by atoms with Gasteiger partial charge < -0.3 is 15.6 Å². The number of aromatic nitrogens is 2. The summed E-state index contributed by atoms with van der Waals surface area (Å²) >= 11 is 0. The van der Waals surface area contributed by atoms with E-state index in [1.807, 2.05) is 13.8 Å². The van der Waals surface area contributed by atoms with Gasteiger partial charge in [0.1, 0.15) is 0 Å². The molecule has 0 saturated carbocycles. The van der Waals surface area contributed by atoms with Gasteiger partial charge in [0.25, 0.3) is 0 Å². The third-order valence-corrected chi connectivity index (χ3v) is 4.64. The maximum absolute atomic E-state index is 12.2. The molecule has 2 heterocycles. The fourth-order valence-corrected chi connectivity index (χ4v) is 2.99. The molecule has 3 N–H and O–H groups in total. The van der Waals surface area contributed by atoms with Crippen molar-refractivity contribution in [3.8, 4) is 0 Å². The van der Waals surface area contributed by atoms with Crippen LogP contribution in [0.15, 0.2) is 28.8 Å². The van der Waals surface area contributed by atoms with Crippen LogP contribution in [0.1, 0.15) is 41.8 Å². The van der Waals surface area contributed by atoms with Crippen LogP contribution in [0.25, 0.3) is 0 Å². The number of hydrogen-bond acceptors (Lipinski definition) is 7. The first kappa shape index (κ1) is 20.0. The lowest BCUT2D eigenvalue weighted by Gasteiger charge is -2.33. The number of nitrogens with one attached hydrogen (secondary N) is 1. The van der Waals surface area contributed by atoms with Gasteiger partial charge in [0.2, 0.25) is 17.7 Å². The van der Waals surface area contributed by atoms with Gasteiger partial charge in [-0.1, -0.05) is 19.0 Å². The summed E-state index contributed by atoms with van der Waals surface area (Å²) in [7, 11) is 0. The number of primary amides is 1. The van der Waals surface area contributed by atoms with Gasteiger partial charge in [0.05, 0.1) is 13.1 Å². The van der Waals surface area contributed by atoms with E-state index < -0.39 is 5.91 Å². The molecule has 0 bridgehead atoms. The van der Waals surface area contributed by atoms with E-state index in [1.54, 1.807) is 24.3 Å². The lowest BCUT2D eigenvalue weighted by atomic mass is 10.2. The first-order valence-corrected chi connectivity index (χ1v) is 9.37. The van der Waals surface area contributed by atoms with Crippen molar-refractivity contribution in [2.75, 3.05) is 38.0 Å². The number of nitrogens with two attached hydrogens (primary N) is 1. The maximum atomic E-state index is 12.2. The molecular weight excluding hydrogens is 360 g/mol. The van der Waals surface area contributed by atoms with Crippen LogP contribution in [-0.4, -0.2) is 64.5 Å². The second kappa shape index (κ2) is 8.94. The fourth-order valence-electron chi connectivity index (χ4n) is 2.99. The van der Waals surface area contributed by atoms with Crippen LogP contribution in [0.5, 0.6) is 0 Å². The number of rotatable bonds is 7. The number of amides is 2. The lowest BCUT2D eigenvalue weighted by Crippen LogP contribution is -2.48. The molecule has 3 rings (SSSR count). The van der Waals surface area contributed by atoms with Crippen LogP contribution in [0.4, 0.5) is 5.69 Å². The predicted octanol–water partition coefficient (Wildman–Crippen LogP) is 1.05. The highest BCUT2D eigenvalue weighted by Crippen LogP contribution is 2.13. The Morgan fingerprint density at radius 3 is 2.36 bits per heavy atom. The van der Waals surface area contributed by atoms with Crippen LogP contribution < -0.4 is 11.1 Å². The Bertz CT molecular complexity index is 809. The van der Waals surface area contributed by atoms with Gasteiger partial charge in [-0.3, -0.25) is 19.4 Å². The molecule has 0 atom stereocenters. The summed E-state index contributed by atoms with van der Waals surface area (Å²) in [4.78, 5) is 32.1. The molecule has 1 aromatic carbocycles. The Labute approximate surface area is 163 Å². The molecule has 0 radical (unpaired) electrons. The normalized spacial score (nSPS) is 15.7. The largest absolute Gasteiger partial charge is 0.366 e. The zero-order chi connectivity index (χ0) is 20.1. The van der Waals surface area contributed by atoms with Gasteiger partial charge >= 0.3 is 0 Å². The molecule has 2 amide bonds. The third-order valence-electron chi connectivity index (χ3n) is 4.64. The van der Waals surface area contributed by atoms with Gasteiger partial charge in [-0.15, -0.1) is 0 Å². The minimum absolute atomic E-state index is 0.0845. The highest BCUT2D eigenvalue weighted by atomic mass is 16.5. The third kappa shape index (κ3) is 5.37. The molecule has 2 aromatic rings. The van der Waals surface area contributed by atoms with Crippen molar-refractivity contribution in [2.45, 2.75) is 26.3 Å². The van der Waals surface area contributed by atoms with E-state index in [1.165, 1.54) is 0 Å². The number of nitrogens with zero attached hydrogens (tertiary/aromatic N) is 4. The number of piperazine rings is 1. The standard InChI is InChI=1S/C19H26N6O3/c1-13(2)19-22-17(28-23-19)12-25-9-7-24(8-10-25)11-16(26)21-15-5-3-14(4-6-15)18(20)27/h3-6,13H,7-12H2,1-2H3,(H2,20,27)(H,21,26). The quantitative estimate of drug-likeness (QED) is 0.730. The summed E-state index contributed by atoms with van der Waals surface area (Å²) in [6.07, 6.45) is 0. The molecule has 1 saturated heterocycles. The lowest BCUT2D eigenvalue weighted by molar-refractivity contribution is -0.117. The topological polar surface area (TPSA) is 118 Å². The van der Waals surface area contributed by atoms with E-state index in [4.69, 9.17) is 10.3 Å². The van der Waals surface area contributed by atoms with Crippen LogP contribution >= 0.6 is 0 Å². The minimum Gasteiger partial charge on any atom is -0.366 e. The van der Waals surface area contributed by atoms with Crippen molar-refractivity contribution in [2.24, 2.45) is 5.73 Å². The molecule has 9 heteroatoms. The average Bonchev–Trinajstić information content (AvgIpc) is 3.12. The van der Waals surface area contributed by atoms with E-state index in [0.717, 1.165) is 32.0 Å². The summed E-state index contributed by atoms with van der Waals surface area (Å²) < 4.78 is 5.30. The minimum atomic E-state index is -0.489. The number of carbonyl (C=O) groups excluding carboxylic acids is 2. The highest BCUT2D eigenvalue weighted by Gasteiger charge is 2.21. The van der Waals surface area contributed by atoms with E-state index >= 15 is 0 Å². The molecule has 0 spiro atoms. The Balaban J connectivity index is 1.42. The summed E-state index contributed by atoms with van der Waals surface area (Å²) in [6.45, 7) is 8.27. The molecule has 0 unspecified atom stereocenters. The second-order valence-electron chi connectivity index (χ2n) is 7.24. The first-order chi connectivity index (χ1) is 13.4. The summed E-state index contributed by atoms with van der Waals surface area (Å²) in [5.74, 6) is 1.04. The van der Waals surface area contributed by atoms with Crippen LogP contribution in [0.2, 0.25) is 0 Å². The highest BCUT2D eigenvalue weighted by molar-refractivity contribution is 5.95. The van der Waals surface area contributed by atoms with Crippen molar-refractivity contribution in [1.29, 1.82) is 0 Å². The maximum Gasteiger partial charge on any atom is 0.248 e. The second-order valence-corrected chi connectivity index (χ2v) is 7.24. The predicted molar refractivity (Wildman–Crippen MR) is 104 cm³/mol. The molecule has 1 aliphatic rings. The van der Waals surface area contributed by atoms with Gasteiger partial charge in [-0.25, -0.2) is 0 Å². The number of carbonyl (C=O) groups is 2. The summed E-state index contributed by atoms with van der Waals surface area (Å²) in [5, 5.41) is 6.83. The zero-order valence-corrected chi connectivity index (χ0v) is 16.2. The van der Waals surface area contributed by atoms with Crippen molar-refractivity contribution >= 4 is 17.5 Å². The smallest absolute Gasteiger partial charge is 0.248 e. The van der Waals surface area contributed by atoms with Crippen molar-refractivity contribution in [3.63, 3.8) is 0 Å². The van der Waals surface area contributed by atoms with Crippen molar-refractivity contribution in [1.82, 2.24) is 19.9 Å². The van der Waals surface area contributed by atoms with Crippen LogP contribution in [-0.2, 0) is 11.3 Å². The van der Waals surface area contributed by atoms with Gasteiger partial charge in [0.15, 0.2) is 5.82 Å². The van der Waals surface area contributed by atoms with E-state index in [-0.39, 0.29) is 11.8 Å². The molecular formula is C19H26N6O3. The van der Waals surface area contributed by atoms with Crippen LogP contribution in [0.3, 0.4) is 0 Å². The summed E-state index contributed by atoms with van der Waals surface area (Å²) in [6, 6.07) is 6.54. The molecule has 9 nitrogen and oxygen atoms in total. The molecule has 0 aliphatic carbocycles. The zero-order valence-electron chi connectivity index (χ0n) is 16.2.